The third-order valence-corrected chi connectivity index (χ3v) is 6.79. The minimum absolute atomic E-state index is 0.0114. The van der Waals surface area contributed by atoms with Crippen LogP contribution in [-0.2, 0) is 5.54 Å². The van der Waals surface area contributed by atoms with Crippen LogP contribution < -0.4 is 5.32 Å². The molecule has 0 saturated heterocycles. The van der Waals surface area contributed by atoms with Gasteiger partial charge in [-0.3, -0.25) is 4.79 Å². The molecule has 4 nitrogen and oxygen atoms in total. The van der Waals surface area contributed by atoms with Crippen molar-refractivity contribution in [2.45, 2.75) is 51.5 Å². The molecule has 1 amide bonds. The molecular weight excluding hydrogens is 394 g/mol. The Balaban J connectivity index is 1.49. The van der Waals surface area contributed by atoms with Gasteiger partial charge in [-0.1, -0.05) is 55.2 Å². The molecule has 0 bridgehead atoms. The molecule has 2 heterocycles. The van der Waals surface area contributed by atoms with E-state index in [1.54, 1.807) is 0 Å². The van der Waals surface area contributed by atoms with Crippen molar-refractivity contribution in [2.75, 3.05) is 0 Å². The average molecular weight is 424 g/mol. The summed E-state index contributed by atoms with van der Waals surface area (Å²) in [4.78, 5) is 21.5. The molecule has 2 N–H and O–H groups in total. The lowest BCUT2D eigenvalue weighted by Gasteiger charge is -2.37. The number of nitrogens with one attached hydrogen (secondary N) is 2. The van der Waals surface area contributed by atoms with Crippen LogP contribution in [-0.4, -0.2) is 15.9 Å². The third kappa shape index (κ3) is 3.81. The molecule has 32 heavy (non-hydrogen) atoms. The number of benzene rings is 2. The predicted octanol–water partition coefficient (Wildman–Crippen LogP) is 6.44. The fourth-order valence-corrected chi connectivity index (χ4v) is 4.93. The van der Waals surface area contributed by atoms with E-state index in [0.29, 0.717) is 5.56 Å². The highest BCUT2D eigenvalue weighted by molar-refractivity contribution is 5.94. The molecule has 1 fully saturated rings. The number of aromatic amines is 1. The van der Waals surface area contributed by atoms with Crippen LogP contribution in [0.3, 0.4) is 0 Å². The highest BCUT2D eigenvalue weighted by atomic mass is 16.1. The summed E-state index contributed by atoms with van der Waals surface area (Å²) in [7, 11) is 0. The maximum Gasteiger partial charge on any atom is 0.252 e. The summed E-state index contributed by atoms with van der Waals surface area (Å²) in [5.41, 5.74) is 6.80. The van der Waals surface area contributed by atoms with Gasteiger partial charge in [0.1, 0.15) is 0 Å². The second-order valence-electron chi connectivity index (χ2n) is 9.11. The minimum atomic E-state index is -0.371. The van der Waals surface area contributed by atoms with Gasteiger partial charge in [-0.25, -0.2) is 4.98 Å². The van der Waals surface area contributed by atoms with Gasteiger partial charge < -0.3 is 10.3 Å². The summed E-state index contributed by atoms with van der Waals surface area (Å²) in [6.45, 7) is 4.17. The SMILES string of the molecule is Cc1ccc(C(=O)NC2(c3cc(-c4cc(C)c5ccccc5n4)c[nH]3)CCCCC2)cc1. The Morgan fingerprint density at radius 3 is 2.50 bits per heavy atom. The number of hydrogen-bond donors (Lipinski definition) is 2. The molecule has 0 aliphatic heterocycles. The maximum atomic E-state index is 13.1. The Morgan fingerprint density at radius 2 is 1.72 bits per heavy atom. The first-order valence-electron chi connectivity index (χ1n) is 11.5. The molecule has 0 unspecified atom stereocenters. The first-order chi connectivity index (χ1) is 15.5. The molecule has 162 valence electrons. The highest BCUT2D eigenvalue weighted by Crippen LogP contribution is 2.38. The summed E-state index contributed by atoms with van der Waals surface area (Å²) >= 11 is 0. The van der Waals surface area contributed by atoms with Crippen molar-refractivity contribution in [1.82, 2.24) is 15.3 Å². The second-order valence-corrected chi connectivity index (χ2v) is 9.11. The summed E-state index contributed by atoms with van der Waals surface area (Å²) in [5.74, 6) is -0.0114. The fraction of sp³-hybridized carbons (Fsp3) is 0.286. The Hall–Kier alpha value is -3.40. The molecule has 2 aromatic heterocycles. The Labute approximate surface area is 189 Å². The van der Waals surface area contributed by atoms with Crippen LogP contribution in [0.4, 0.5) is 0 Å². The second kappa shape index (κ2) is 8.27. The summed E-state index contributed by atoms with van der Waals surface area (Å²) in [6, 6.07) is 20.4. The van der Waals surface area contributed by atoms with Crippen molar-refractivity contribution >= 4 is 16.8 Å². The number of rotatable bonds is 4. The summed E-state index contributed by atoms with van der Waals surface area (Å²) in [6.07, 6.45) is 7.33. The van der Waals surface area contributed by atoms with Crippen LogP contribution in [0.5, 0.6) is 0 Å². The monoisotopic (exact) mass is 423 g/mol. The van der Waals surface area contributed by atoms with Gasteiger partial charge in [-0.2, -0.15) is 0 Å². The van der Waals surface area contributed by atoms with E-state index in [-0.39, 0.29) is 11.4 Å². The average Bonchev–Trinajstić information content (AvgIpc) is 3.31. The van der Waals surface area contributed by atoms with Crippen LogP contribution in [0.2, 0.25) is 0 Å². The quantitative estimate of drug-likeness (QED) is 0.397. The number of nitrogens with zero attached hydrogens (tertiary/aromatic N) is 1. The van der Waals surface area contributed by atoms with Gasteiger partial charge in [-0.05, 0) is 62.6 Å². The zero-order valence-electron chi connectivity index (χ0n) is 18.7. The van der Waals surface area contributed by atoms with Crippen LogP contribution in [0.1, 0.15) is 59.3 Å². The number of aromatic nitrogens is 2. The number of para-hydroxylation sites is 1. The van der Waals surface area contributed by atoms with E-state index in [9.17, 15) is 4.79 Å². The molecule has 1 aliphatic rings. The number of fused-ring (bicyclic) bond motifs is 1. The zero-order chi connectivity index (χ0) is 22.1. The van der Waals surface area contributed by atoms with Gasteiger partial charge in [0.15, 0.2) is 0 Å². The van der Waals surface area contributed by atoms with Gasteiger partial charge in [0, 0.05) is 28.4 Å². The first kappa shape index (κ1) is 20.5. The van der Waals surface area contributed by atoms with E-state index in [4.69, 9.17) is 4.98 Å². The van der Waals surface area contributed by atoms with Gasteiger partial charge in [0.25, 0.3) is 5.91 Å². The van der Waals surface area contributed by atoms with Gasteiger partial charge in [-0.15, -0.1) is 0 Å². The van der Waals surface area contributed by atoms with E-state index in [0.717, 1.165) is 53.7 Å². The zero-order valence-corrected chi connectivity index (χ0v) is 18.7. The number of H-pyrrole nitrogens is 1. The van der Waals surface area contributed by atoms with E-state index in [1.165, 1.54) is 17.4 Å². The van der Waals surface area contributed by atoms with Crippen molar-refractivity contribution in [3.8, 4) is 11.3 Å². The normalized spacial score (nSPS) is 15.6. The largest absolute Gasteiger partial charge is 0.362 e. The molecule has 1 saturated carbocycles. The fourth-order valence-electron chi connectivity index (χ4n) is 4.93. The summed E-state index contributed by atoms with van der Waals surface area (Å²) in [5, 5.41) is 4.58. The first-order valence-corrected chi connectivity index (χ1v) is 11.5. The lowest BCUT2D eigenvalue weighted by atomic mass is 9.79. The van der Waals surface area contributed by atoms with Crippen LogP contribution in [0.25, 0.3) is 22.2 Å². The van der Waals surface area contributed by atoms with Crippen LogP contribution >= 0.6 is 0 Å². The van der Waals surface area contributed by atoms with Crippen LogP contribution in [0, 0.1) is 13.8 Å². The standard InChI is InChI=1S/C28H29N3O/c1-19-10-12-21(13-11-19)27(32)31-28(14-6-3-7-15-28)26-17-22(18-29-26)25-16-20(2)23-8-4-5-9-24(23)30-25/h4-5,8-13,16-18,29H,3,6-7,14-15H2,1-2H3,(H,31,32). The Kier molecular flexibility index (Phi) is 5.30. The molecule has 4 heteroatoms. The minimum Gasteiger partial charge on any atom is -0.362 e. The van der Waals surface area contributed by atoms with Crippen molar-refractivity contribution in [2.24, 2.45) is 0 Å². The Morgan fingerprint density at radius 1 is 0.969 bits per heavy atom. The lowest BCUT2D eigenvalue weighted by molar-refractivity contribution is 0.0863. The number of carbonyl (C=O) groups excluding carboxylic acids is 1. The maximum absolute atomic E-state index is 13.1. The third-order valence-electron chi connectivity index (χ3n) is 6.79. The summed E-state index contributed by atoms with van der Waals surface area (Å²) < 4.78 is 0. The van der Waals surface area contributed by atoms with Crippen molar-refractivity contribution in [3.63, 3.8) is 0 Å². The van der Waals surface area contributed by atoms with Crippen molar-refractivity contribution in [3.05, 3.63) is 89.2 Å². The van der Waals surface area contributed by atoms with Crippen molar-refractivity contribution < 1.29 is 4.79 Å². The molecule has 1 aliphatic carbocycles. The lowest BCUT2D eigenvalue weighted by Crippen LogP contribution is -2.47. The van der Waals surface area contributed by atoms with Gasteiger partial charge in [0.2, 0.25) is 0 Å². The number of aryl methyl sites for hydroxylation is 2. The molecule has 0 spiro atoms. The molecular formula is C28H29N3O. The molecule has 4 aromatic rings. The Bertz CT molecular complexity index is 1260. The molecule has 0 atom stereocenters. The number of carbonyl (C=O) groups is 1. The highest BCUT2D eigenvalue weighted by Gasteiger charge is 2.37. The van der Waals surface area contributed by atoms with Crippen LogP contribution in [0.15, 0.2) is 66.9 Å². The molecule has 2 aromatic carbocycles. The van der Waals surface area contributed by atoms with E-state index < -0.39 is 0 Å². The van der Waals surface area contributed by atoms with Gasteiger partial charge in [0.05, 0.1) is 16.7 Å². The van der Waals surface area contributed by atoms with Crippen molar-refractivity contribution in [1.29, 1.82) is 0 Å². The number of pyridine rings is 1. The molecule has 0 radical (unpaired) electrons. The van der Waals surface area contributed by atoms with E-state index in [1.807, 2.05) is 43.5 Å². The number of hydrogen-bond acceptors (Lipinski definition) is 2. The topological polar surface area (TPSA) is 57.8 Å². The van der Waals surface area contributed by atoms with E-state index in [2.05, 4.69) is 47.6 Å². The van der Waals surface area contributed by atoms with Gasteiger partial charge >= 0.3 is 0 Å². The predicted molar refractivity (Wildman–Crippen MR) is 130 cm³/mol. The van der Waals surface area contributed by atoms with E-state index >= 15 is 0 Å². The molecule has 5 rings (SSSR count). The number of amides is 1. The smallest absolute Gasteiger partial charge is 0.252 e.